The number of hydrogen-bond acceptors (Lipinski definition) is 10. The molecule has 1 aromatic heterocycles. The molecule has 1 aromatic carbocycles. The quantitative estimate of drug-likeness (QED) is 0.254. The second kappa shape index (κ2) is 16.4. The van der Waals surface area contributed by atoms with Crippen molar-refractivity contribution in [3.63, 3.8) is 0 Å². The zero-order valence-corrected chi connectivity index (χ0v) is 27.4. The summed E-state index contributed by atoms with van der Waals surface area (Å²) in [7, 11) is 0. The van der Waals surface area contributed by atoms with Crippen molar-refractivity contribution < 1.29 is 38.2 Å². The molecular weight excluding hydrogens is 608 g/mol. The van der Waals surface area contributed by atoms with E-state index in [0.29, 0.717) is 19.3 Å². The van der Waals surface area contributed by atoms with Crippen molar-refractivity contribution in [3.8, 4) is 5.75 Å². The number of ether oxygens (including phenoxy) is 3. The Morgan fingerprint density at radius 1 is 1.06 bits per heavy atom. The molecule has 1 fully saturated rings. The molecule has 3 heterocycles. The van der Waals surface area contributed by atoms with Crippen molar-refractivity contribution in [2.45, 2.75) is 90.9 Å². The van der Waals surface area contributed by atoms with Crippen LogP contribution in [0.4, 0.5) is 0 Å². The van der Waals surface area contributed by atoms with Gasteiger partial charge in [-0.1, -0.05) is 46.8 Å². The van der Waals surface area contributed by atoms with Gasteiger partial charge in [-0.2, -0.15) is 0 Å². The molecule has 0 unspecified atom stereocenters. The molecule has 14 nitrogen and oxygen atoms in total. The third-order valence-corrected chi connectivity index (χ3v) is 8.21. The standard InChI is InChI=1S/C33H44N6O8/c1-6-23(15-40)36-31(42)26-12-24(46-16-21-7-8-22-17-45-18-47-27(22)11-21)14-39(26)33(44)29(20(4)5)38-32(43)28(19(2)3)37-30(41)25-13-34-9-10-35-25/h7-11,13,15,19-20,23-24,26,28-29H,6,12,14,16-18H2,1-5H3,(H,36,42)(H,37,41)(H,38,43)/t23-,24+,26-,28-,29-/m0/s1. The molecule has 254 valence electrons. The van der Waals surface area contributed by atoms with Crippen molar-refractivity contribution >= 4 is 29.9 Å². The lowest BCUT2D eigenvalue weighted by Gasteiger charge is -2.32. The van der Waals surface area contributed by atoms with Gasteiger partial charge in [0.05, 0.1) is 31.6 Å². The van der Waals surface area contributed by atoms with E-state index in [9.17, 15) is 24.0 Å². The maximum atomic E-state index is 14.2. The molecule has 47 heavy (non-hydrogen) atoms. The fourth-order valence-corrected chi connectivity index (χ4v) is 5.44. The van der Waals surface area contributed by atoms with E-state index in [2.05, 4.69) is 25.9 Å². The van der Waals surface area contributed by atoms with E-state index in [4.69, 9.17) is 14.2 Å². The second-order valence-electron chi connectivity index (χ2n) is 12.4. The van der Waals surface area contributed by atoms with Crippen LogP contribution >= 0.6 is 0 Å². The number of likely N-dealkylation sites (tertiary alicyclic amines) is 1. The summed E-state index contributed by atoms with van der Waals surface area (Å²) in [4.78, 5) is 74.8. The molecule has 4 amide bonds. The Kier molecular flexibility index (Phi) is 12.4. The largest absolute Gasteiger partial charge is 0.467 e. The monoisotopic (exact) mass is 652 g/mol. The van der Waals surface area contributed by atoms with Crippen LogP contribution in [0.2, 0.25) is 0 Å². The number of hydrogen-bond donors (Lipinski definition) is 3. The molecular formula is C33H44N6O8. The topological polar surface area (TPSA) is 178 Å². The van der Waals surface area contributed by atoms with Gasteiger partial charge in [-0.15, -0.1) is 0 Å². The number of carbonyl (C=O) groups is 5. The van der Waals surface area contributed by atoms with E-state index >= 15 is 0 Å². The molecule has 2 aromatic rings. The van der Waals surface area contributed by atoms with Gasteiger partial charge in [-0.25, -0.2) is 4.98 Å². The Hall–Kier alpha value is -4.43. The van der Waals surface area contributed by atoms with Gasteiger partial charge in [0.1, 0.15) is 35.9 Å². The average Bonchev–Trinajstić information content (AvgIpc) is 3.51. The molecule has 0 aliphatic carbocycles. The first-order chi connectivity index (χ1) is 22.5. The van der Waals surface area contributed by atoms with Crippen LogP contribution in [0.3, 0.4) is 0 Å². The first kappa shape index (κ1) is 35.4. The predicted molar refractivity (Wildman–Crippen MR) is 169 cm³/mol. The predicted octanol–water partition coefficient (Wildman–Crippen LogP) is 1.52. The molecule has 4 rings (SSSR count). The number of rotatable bonds is 14. The SMILES string of the molecule is CC[C@@H](C=O)NC(=O)[C@@H]1C[C@@H](OCc2ccc3c(c2)OCOC3)CN1C(=O)[C@@H](NC(=O)[C@@H](NC(=O)c1cnccn1)C(C)C)C(C)C. The first-order valence-electron chi connectivity index (χ1n) is 15.9. The van der Waals surface area contributed by atoms with Crippen LogP contribution in [0.25, 0.3) is 0 Å². The Balaban J connectivity index is 1.50. The zero-order chi connectivity index (χ0) is 34.1. The Morgan fingerprint density at radius 3 is 2.49 bits per heavy atom. The lowest BCUT2D eigenvalue weighted by molar-refractivity contribution is -0.143. The lowest BCUT2D eigenvalue weighted by atomic mass is 9.98. The molecule has 1 saturated heterocycles. The van der Waals surface area contributed by atoms with Gasteiger partial charge in [0.2, 0.25) is 17.7 Å². The summed E-state index contributed by atoms with van der Waals surface area (Å²) < 4.78 is 17.1. The number of amides is 4. The van der Waals surface area contributed by atoms with Gasteiger partial charge in [0, 0.05) is 30.9 Å². The van der Waals surface area contributed by atoms with Crippen molar-refractivity contribution in [3.05, 3.63) is 53.6 Å². The maximum Gasteiger partial charge on any atom is 0.272 e. The summed E-state index contributed by atoms with van der Waals surface area (Å²) in [6.45, 7) is 9.84. The zero-order valence-electron chi connectivity index (χ0n) is 27.4. The van der Waals surface area contributed by atoms with Crippen LogP contribution in [0, 0.1) is 11.8 Å². The number of carbonyl (C=O) groups excluding carboxylic acids is 5. The van der Waals surface area contributed by atoms with E-state index in [1.807, 2.05) is 18.2 Å². The van der Waals surface area contributed by atoms with Crippen LogP contribution in [0.15, 0.2) is 36.8 Å². The van der Waals surface area contributed by atoms with Crippen molar-refractivity contribution in [2.24, 2.45) is 11.8 Å². The van der Waals surface area contributed by atoms with Crippen molar-refractivity contribution in [2.75, 3.05) is 13.3 Å². The van der Waals surface area contributed by atoms with Crippen LogP contribution in [-0.2, 0) is 41.9 Å². The number of aldehydes is 1. The van der Waals surface area contributed by atoms with Gasteiger partial charge >= 0.3 is 0 Å². The van der Waals surface area contributed by atoms with E-state index in [-0.39, 0.29) is 43.9 Å². The average molecular weight is 653 g/mol. The summed E-state index contributed by atoms with van der Waals surface area (Å²) >= 11 is 0. The minimum Gasteiger partial charge on any atom is -0.467 e. The summed E-state index contributed by atoms with van der Waals surface area (Å²) in [6, 6.07) is 2.08. The molecule has 0 radical (unpaired) electrons. The minimum atomic E-state index is -1.01. The lowest BCUT2D eigenvalue weighted by Crippen LogP contribution is -2.59. The fraction of sp³-hybridized carbons (Fsp3) is 0.545. The van der Waals surface area contributed by atoms with Gasteiger partial charge in [-0.05, 0) is 29.9 Å². The third kappa shape index (κ3) is 9.10. The minimum absolute atomic E-state index is 0.0528. The van der Waals surface area contributed by atoms with Crippen LogP contribution < -0.4 is 20.7 Å². The molecule has 5 atom stereocenters. The van der Waals surface area contributed by atoms with Crippen LogP contribution in [0.1, 0.15) is 69.1 Å². The van der Waals surface area contributed by atoms with Crippen molar-refractivity contribution in [1.29, 1.82) is 0 Å². The number of fused-ring (bicyclic) bond motifs is 1. The Bertz CT molecular complexity index is 1420. The summed E-state index contributed by atoms with van der Waals surface area (Å²) in [5, 5.41) is 8.24. The second-order valence-corrected chi connectivity index (χ2v) is 12.4. The highest BCUT2D eigenvalue weighted by Gasteiger charge is 2.44. The Labute approximate surface area is 274 Å². The maximum absolute atomic E-state index is 14.2. The van der Waals surface area contributed by atoms with E-state index in [1.54, 1.807) is 34.6 Å². The molecule has 0 saturated carbocycles. The number of nitrogens with zero attached hydrogens (tertiary/aromatic N) is 3. The van der Waals surface area contributed by atoms with Crippen LogP contribution in [0.5, 0.6) is 5.75 Å². The molecule has 3 N–H and O–H groups in total. The van der Waals surface area contributed by atoms with Crippen molar-refractivity contribution in [1.82, 2.24) is 30.8 Å². The summed E-state index contributed by atoms with van der Waals surface area (Å²) in [5.41, 5.74) is 1.85. The molecule has 2 aliphatic rings. The molecule has 0 spiro atoms. The highest BCUT2D eigenvalue weighted by Crippen LogP contribution is 2.28. The van der Waals surface area contributed by atoms with Gasteiger partial charge < -0.3 is 39.9 Å². The summed E-state index contributed by atoms with van der Waals surface area (Å²) in [5.74, 6) is -2.03. The number of nitrogens with one attached hydrogen (secondary N) is 3. The van der Waals surface area contributed by atoms with E-state index in [0.717, 1.165) is 16.9 Å². The molecule has 0 bridgehead atoms. The van der Waals surface area contributed by atoms with E-state index < -0.39 is 53.9 Å². The number of benzene rings is 1. The normalized spacial score (nSPS) is 19.3. The highest BCUT2D eigenvalue weighted by molar-refractivity contribution is 5.98. The fourth-order valence-electron chi connectivity index (χ4n) is 5.44. The molecule has 2 aliphatic heterocycles. The Morgan fingerprint density at radius 2 is 1.83 bits per heavy atom. The van der Waals surface area contributed by atoms with Crippen LogP contribution in [-0.4, -0.2) is 88.4 Å². The van der Waals surface area contributed by atoms with Gasteiger partial charge in [0.25, 0.3) is 5.91 Å². The summed E-state index contributed by atoms with van der Waals surface area (Å²) in [6.07, 6.45) is 4.86. The van der Waals surface area contributed by atoms with Gasteiger partial charge in [0.15, 0.2) is 6.79 Å². The third-order valence-electron chi connectivity index (χ3n) is 8.21. The van der Waals surface area contributed by atoms with E-state index in [1.165, 1.54) is 23.5 Å². The smallest absolute Gasteiger partial charge is 0.272 e. The first-order valence-corrected chi connectivity index (χ1v) is 15.9. The highest BCUT2D eigenvalue weighted by atomic mass is 16.7. The number of aromatic nitrogens is 2. The molecule has 14 heteroatoms. The van der Waals surface area contributed by atoms with Gasteiger partial charge in [-0.3, -0.25) is 24.2 Å².